The molecule has 5 nitrogen and oxygen atoms in total. The van der Waals surface area contributed by atoms with E-state index >= 15 is 0 Å². The molecule has 118 valence electrons. The number of hydrogen-bond donors (Lipinski definition) is 0. The van der Waals surface area contributed by atoms with E-state index in [-0.39, 0.29) is 5.91 Å². The van der Waals surface area contributed by atoms with Crippen LogP contribution in [0.2, 0.25) is 0 Å². The Kier molecular flexibility index (Phi) is 4.96. The zero-order chi connectivity index (χ0) is 16.3. The molecule has 1 aliphatic heterocycles. The Morgan fingerprint density at radius 2 is 1.86 bits per heavy atom. The minimum Gasteiger partial charge on any atom is -0.344 e. The van der Waals surface area contributed by atoms with Gasteiger partial charge in [0.05, 0.1) is 0 Å². The van der Waals surface area contributed by atoms with Crippen molar-refractivity contribution in [2.45, 2.75) is 32.7 Å². The fraction of sp³-hybridized carbons (Fsp3) is 0.471. The van der Waals surface area contributed by atoms with Crippen molar-refractivity contribution in [2.24, 2.45) is 0 Å². The Morgan fingerprint density at radius 1 is 1.23 bits per heavy atom. The smallest absolute Gasteiger partial charge is 0.295 e. The van der Waals surface area contributed by atoms with E-state index in [0.29, 0.717) is 25.1 Å². The first-order valence-electron chi connectivity index (χ1n) is 7.62. The van der Waals surface area contributed by atoms with Gasteiger partial charge in [-0.2, -0.15) is 0 Å². The number of rotatable bonds is 4. The summed E-state index contributed by atoms with van der Waals surface area (Å²) in [5.41, 5.74) is 1.40. The Morgan fingerprint density at radius 3 is 2.45 bits per heavy atom. The van der Waals surface area contributed by atoms with Gasteiger partial charge in [0.25, 0.3) is 5.91 Å². The fourth-order valence-corrected chi connectivity index (χ4v) is 2.64. The van der Waals surface area contributed by atoms with Crippen LogP contribution in [0.3, 0.4) is 0 Å². The molecule has 1 aromatic carbocycles. The van der Waals surface area contributed by atoms with E-state index in [0.717, 1.165) is 12.0 Å². The van der Waals surface area contributed by atoms with E-state index in [1.807, 2.05) is 13.8 Å². The van der Waals surface area contributed by atoms with E-state index in [2.05, 4.69) is 0 Å². The Labute approximate surface area is 130 Å². The highest BCUT2D eigenvalue weighted by atomic mass is 16.2. The van der Waals surface area contributed by atoms with Gasteiger partial charge in [-0.05, 0) is 26.7 Å². The Bertz CT molecular complexity index is 580. The van der Waals surface area contributed by atoms with E-state index < -0.39 is 17.7 Å². The van der Waals surface area contributed by atoms with Crippen LogP contribution in [0.5, 0.6) is 0 Å². The lowest BCUT2D eigenvalue weighted by Crippen LogP contribution is -2.48. The summed E-state index contributed by atoms with van der Waals surface area (Å²) < 4.78 is 0. The van der Waals surface area contributed by atoms with Crippen LogP contribution in [-0.4, -0.2) is 53.6 Å². The molecular formula is C17H22N2O3. The maximum Gasteiger partial charge on any atom is 0.295 e. The van der Waals surface area contributed by atoms with Gasteiger partial charge in [0, 0.05) is 25.7 Å². The summed E-state index contributed by atoms with van der Waals surface area (Å²) in [6.07, 6.45) is 1.37. The zero-order valence-corrected chi connectivity index (χ0v) is 13.3. The molecule has 0 spiro atoms. The Hall–Kier alpha value is -2.17. The van der Waals surface area contributed by atoms with Crippen LogP contribution in [0.4, 0.5) is 0 Å². The highest BCUT2D eigenvalue weighted by molar-refractivity contribution is 6.43. The lowest BCUT2D eigenvalue weighted by molar-refractivity contribution is -0.140. The monoisotopic (exact) mass is 302 g/mol. The van der Waals surface area contributed by atoms with Gasteiger partial charge in [-0.1, -0.05) is 29.8 Å². The fourth-order valence-electron chi connectivity index (χ4n) is 2.64. The molecule has 0 radical (unpaired) electrons. The summed E-state index contributed by atoms with van der Waals surface area (Å²) in [6.45, 7) is 4.86. The first-order chi connectivity index (χ1) is 10.5. The van der Waals surface area contributed by atoms with Gasteiger partial charge in [-0.15, -0.1) is 0 Å². The van der Waals surface area contributed by atoms with E-state index in [1.165, 1.54) is 4.90 Å². The third-order valence-electron chi connectivity index (χ3n) is 4.16. The first kappa shape index (κ1) is 16.2. The van der Waals surface area contributed by atoms with Crippen molar-refractivity contribution in [3.63, 3.8) is 0 Å². The van der Waals surface area contributed by atoms with Crippen molar-refractivity contribution in [3.8, 4) is 0 Å². The van der Waals surface area contributed by atoms with Crippen molar-refractivity contribution in [1.29, 1.82) is 0 Å². The maximum absolute atomic E-state index is 12.5. The standard InChI is InChI=1S/C17H22N2O3/c1-4-18(3)16(21)14-6-5-11-19(14)17(22)15(20)13-9-7-12(2)8-10-13/h7-10,14H,4-6,11H2,1-3H3. The lowest BCUT2D eigenvalue weighted by atomic mass is 10.1. The Balaban J connectivity index is 2.15. The second-order valence-corrected chi connectivity index (χ2v) is 5.70. The molecule has 0 bridgehead atoms. The molecule has 1 aliphatic rings. The topological polar surface area (TPSA) is 57.7 Å². The third kappa shape index (κ3) is 3.18. The average molecular weight is 302 g/mol. The van der Waals surface area contributed by atoms with Crippen LogP contribution >= 0.6 is 0 Å². The number of hydrogen-bond acceptors (Lipinski definition) is 3. The number of aryl methyl sites for hydroxylation is 1. The van der Waals surface area contributed by atoms with Gasteiger partial charge in [-0.3, -0.25) is 14.4 Å². The molecule has 22 heavy (non-hydrogen) atoms. The molecule has 2 rings (SSSR count). The maximum atomic E-state index is 12.5. The highest BCUT2D eigenvalue weighted by Gasteiger charge is 2.37. The van der Waals surface area contributed by atoms with Gasteiger partial charge in [0.2, 0.25) is 11.7 Å². The number of amides is 2. The minimum absolute atomic E-state index is 0.0925. The van der Waals surface area contributed by atoms with Crippen molar-refractivity contribution >= 4 is 17.6 Å². The van der Waals surface area contributed by atoms with Crippen LogP contribution in [0.25, 0.3) is 0 Å². The molecule has 1 heterocycles. The SMILES string of the molecule is CCN(C)C(=O)C1CCCN1C(=O)C(=O)c1ccc(C)cc1. The summed E-state index contributed by atoms with van der Waals surface area (Å²) in [6, 6.07) is 6.41. The van der Waals surface area contributed by atoms with Gasteiger partial charge >= 0.3 is 0 Å². The third-order valence-corrected chi connectivity index (χ3v) is 4.16. The van der Waals surface area contributed by atoms with Gasteiger partial charge in [-0.25, -0.2) is 0 Å². The largest absolute Gasteiger partial charge is 0.344 e. The van der Waals surface area contributed by atoms with Crippen LogP contribution in [0.15, 0.2) is 24.3 Å². The molecule has 1 fully saturated rings. The summed E-state index contributed by atoms with van der Waals surface area (Å²) in [5.74, 6) is -1.21. The predicted molar refractivity (Wildman–Crippen MR) is 83.6 cm³/mol. The molecule has 2 amide bonds. The van der Waals surface area contributed by atoms with Gasteiger partial charge in [0.1, 0.15) is 6.04 Å². The predicted octanol–water partition coefficient (Wildman–Crippen LogP) is 1.65. The van der Waals surface area contributed by atoms with Crippen LogP contribution < -0.4 is 0 Å². The second kappa shape index (κ2) is 6.73. The van der Waals surface area contributed by atoms with Crippen LogP contribution in [-0.2, 0) is 9.59 Å². The number of nitrogens with zero attached hydrogens (tertiary/aromatic N) is 2. The summed E-state index contributed by atoms with van der Waals surface area (Å²) in [5, 5.41) is 0. The highest BCUT2D eigenvalue weighted by Crippen LogP contribution is 2.20. The molecule has 0 aromatic heterocycles. The lowest BCUT2D eigenvalue weighted by Gasteiger charge is -2.27. The molecule has 1 unspecified atom stereocenters. The van der Waals surface area contributed by atoms with Crippen molar-refractivity contribution in [3.05, 3.63) is 35.4 Å². The van der Waals surface area contributed by atoms with E-state index in [4.69, 9.17) is 0 Å². The minimum atomic E-state index is -0.579. The first-order valence-corrected chi connectivity index (χ1v) is 7.62. The number of benzene rings is 1. The van der Waals surface area contributed by atoms with E-state index in [9.17, 15) is 14.4 Å². The zero-order valence-electron chi connectivity index (χ0n) is 13.3. The normalized spacial score (nSPS) is 17.4. The number of ketones is 1. The molecule has 1 saturated heterocycles. The van der Waals surface area contributed by atoms with Crippen LogP contribution in [0, 0.1) is 6.92 Å². The van der Waals surface area contributed by atoms with Gasteiger partial charge in [0.15, 0.2) is 0 Å². The second-order valence-electron chi connectivity index (χ2n) is 5.70. The quantitative estimate of drug-likeness (QED) is 0.627. The average Bonchev–Trinajstić information content (AvgIpc) is 3.02. The summed E-state index contributed by atoms with van der Waals surface area (Å²) in [4.78, 5) is 40.1. The van der Waals surface area contributed by atoms with Crippen LogP contribution in [0.1, 0.15) is 35.7 Å². The molecule has 0 N–H and O–H groups in total. The van der Waals surface area contributed by atoms with Crippen molar-refractivity contribution in [2.75, 3.05) is 20.1 Å². The molecule has 1 aromatic rings. The number of carbonyl (C=O) groups is 3. The number of carbonyl (C=O) groups excluding carboxylic acids is 3. The summed E-state index contributed by atoms with van der Waals surface area (Å²) in [7, 11) is 1.71. The molecular weight excluding hydrogens is 280 g/mol. The van der Waals surface area contributed by atoms with Crippen molar-refractivity contribution in [1.82, 2.24) is 9.80 Å². The van der Waals surface area contributed by atoms with Crippen molar-refractivity contribution < 1.29 is 14.4 Å². The number of Topliss-reactive ketones (excluding diaryl/α,β-unsaturated/α-hetero) is 1. The molecule has 0 saturated carbocycles. The molecule has 1 atom stereocenters. The number of likely N-dealkylation sites (tertiary alicyclic amines) is 1. The van der Waals surface area contributed by atoms with E-state index in [1.54, 1.807) is 36.2 Å². The summed E-state index contributed by atoms with van der Waals surface area (Å²) >= 11 is 0. The molecule has 0 aliphatic carbocycles. The number of likely N-dealkylation sites (N-methyl/N-ethyl adjacent to an activating group) is 1. The van der Waals surface area contributed by atoms with Gasteiger partial charge < -0.3 is 9.80 Å². The molecule has 5 heteroatoms.